The molecule has 0 bridgehead atoms. The van der Waals surface area contributed by atoms with Gasteiger partial charge in [-0.15, -0.1) is 0 Å². The maximum Gasteiger partial charge on any atom is 0.255 e. The van der Waals surface area contributed by atoms with Crippen LogP contribution in [0.15, 0.2) is 42.7 Å². The molecule has 1 N–H and O–H groups in total. The molecule has 130 valence electrons. The largest absolute Gasteiger partial charge is 0.348 e. The van der Waals surface area contributed by atoms with Crippen molar-refractivity contribution in [1.82, 2.24) is 15.2 Å². The van der Waals surface area contributed by atoms with Crippen molar-refractivity contribution in [1.29, 1.82) is 0 Å². The molecule has 5 nitrogen and oxygen atoms in total. The van der Waals surface area contributed by atoms with Crippen molar-refractivity contribution in [2.75, 3.05) is 13.1 Å². The topological polar surface area (TPSA) is 62.3 Å². The summed E-state index contributed by atoms with van der Waals surface area (Å²) in [6.45, 7) is 1.93. The summed E-state index contributed by atoms with van der Waals surface area (Å²) < 4.78 is 0. The smallest absolute Gasteiger partial charge is 0.255 e. The molecule has 1 saturated heterocycles. The van der Waals surface area contributed by atoms with Crippen LogP contribution >= 0.6 is 11.6 Å². The van der Waals surface area contributed by atoms with E-state index in [1.54, 1.807) is 18.2 Å². The Balaban J connectivity index is 1.64. The van der Waals surface area contributed by atoms with Crippen LogP contribution in [0.25, 0.3) is 0 Å². The molecule has 0 radical (unpaired) electrons. The van der Waals surface area contributed by atoms with E-state index < -0.39 is 0 Å². The minimum atomic E-state index is -0.254. The average molecular weight is 358 g/mol. The Morgan fingerprint density at radius 1 is 1.04 bits per heavy atom. The maximum absolute atomic E-state index is 12.5. The Morgan fingerprint density at radius 2 is 1.72 bits per heavy atom. The van der Waals surface area contributed by atoms with Crippen molar-refractivity contribution in [3.05, 3.63) is 64.4 Å². The van der Waals surface area contributed by atoms with E-state index in [0.29, 0.717) is 22.7 Å². The molecule has 1 aliphatic heterocycles. The number of carbonyl (C=O) groups excluding carboxylic acids is 2. The van der Waals surface area contributed by atoms with Crippen LogP contribution in [0.2, 0.25) is 5.02 Å². The number of likely N-dealkylation sites (tertiary alicyclic amines) is 1. The molecule has 1 aromatic carbocycles. The summed E-state index contributed by atoms with van der Waals surface area (Å²) in [5.74, 6) is -0.310. The summed E-state index contributed by atoms with van der Waals surface area (Å²) in [6, 6.07) is 8.89. The molecule has 2 aromatic rings. The number of pyridine rings is 1. The summed E-state index contributed by atoms with van der Waals surface area (Å²) in [4.78, 5) is 30.8. The molecule has 0 unspecified atom stereocenters. The Hall–Kier alpha value is -2.40. The van der Waals surface area contributed by atoms with Gasteiger partial charge in [0, 0.05) is 37.1 Å². The Bertz CT molecular complexity index is 756. The lowest BCUT2D eigenvalue weighted by Gasteiger charge is -2.26. The highest BCUT2D eigenvalue weighted by atomic mass is 35.5. The number of benzene rings is 1. The predicted octanol–water partition coefficient (Wildman–Crippen LogP) is 3.29. The minimum absolute atomic E-state index is 0.0560. The number of amides is 2. The third-order valence-corrected chi connectivity index (χ3v) is 4.51. The number of nitrogens with zero attached hydrogens (tertiary/aromatic N) is 2. The highest BCUT2D eigenvalue weighted by Gasteiger charge is 2.19. The van der Waals surface area contributed by atoms with Crippen molar-refractivity contribution in [3.8, 4) is 0 Å². The van der Waals surface area contributed by atoms with Gasteiger partial charge in [0.2, 0.25) is 0 Å². The van der Waals surface area contributed by atoms with E-state index in [4.69, 9.17) is 11.6 Å². The summed E-state index contributed by atoms with van der Waals surface area (Å²) in [5, 5.41) is 3.49. The van der Waals surface area contributed by atoms with Crippen molar-refractivity contribution in [3.63, 3.8) is 0 Å². The zero-order valence-corrected chi connectivity index (χ0v) is 14.6. The Labute approximate surface area is 152 Å². The van der Waals surface area contributed by atoms with Gasteiger partial charge in [-0.2, -0.15) is 0 Å². The van der Waals surface area contributed by atoms with E-state index in [9.17, 15) is 9.59 Å². The fourth-order valence-electron chi connectivity index (χ4n) is 2.85. The second-order valence-electron chi connectivity index (χ2n) is 6.12. The first-order valence-electron chi connectivity index (χ1n) is 8.40. The van der Waals surface area contributed by atoms with E-state index in [1.807, 2.05) is 17.0 Å². The fraction of sp³-hybridized carbons (Fsp3) is 0.316. The van der Waals surface area contributed by atoms with Gasteiger partial charge in [-0.05, 0) is 43.0 Å². The quantitative estimate of drug-likeness (QED) is 0.913. The molecule has 0 atom stereocenters. The van der Waals surface area contributed by atoms with Crippen LogP contribution in [0.4, 0.5) is 0 Å². The molecule has 25 heavy (non-hydrogen) atoms. The van der Waals surface area contributed by atoms with Gasteiger partial charge in [-0.25, -0.2) is 0 Å². The van der Waals surface area contributed by atoms with Crippen LogP contribution in [0.5, 0.6) is 0 Å². The molecule has 1 fully saturated rings. The number of halogens is 1. The van der Waals surface area contributed by atoms with E-state index in [2.05, 4.69) is 10.3 Å². The van der Waals surface area contributed by atoms with E-state index in [0.717, 1.165) is 37.9 Å². The van der Waals surface area contributed by atoms with Gasteiger partial charge in [0.25, 0.3) is 11.8 Å². The standard InChI is InChI=1S/C19H20ClN3O2/c20-17-6-4-14(5-7-17)11-22-18(24)15-10-16(13-21-12-15)19(25)23-8-2-1-3-9-23/h4-7,10,12-13H,1-3,8-9,11H2,(H,22,24). The number of piperidine rings is 1. The molecular formula is C19H20ClN3O2. The monoisotopic (exact) mass is 357 g/mol. The zero-order chi connectivity index (χ0) is 17.6. The highest BCUT2D eigenvalue weighted by molar-refractivity contribution is 6.30. The van der Waals surface area contributed by atoms with Crippen LogP contribution in [0.3, 0.4) is 0 Å². The van der Waals surface area contributed by atoms with E-state index in [-0.39, 0.29) is 11.8 Å². The van der Waals surface area contributed by atoms with Crippen molar-refractivity contribution in [2.45, 2.75) is 25.8 Å². The van der Waals surface area contributed by atoms with Gasteiger partial charge < -0.3 is 10.2 Å². The number of hydrogen-bond acceptors (Lipinski definition) is 3. The van der Waals surface area contributed by atoms with Crippen molar-refractivity contribution >= 4 is 23.4 Å². The lowest BCUT2D eigenvalue weighted by Crippen LogP contribution is -2.35. The summed E-state index contributed by atoms with van der Waals surface area (Å²) in [7, 11) is 0. The summed E-state index contributed by atoms with van der Waals surface area (Å²) in [5.41, 5.74) is 1.80. The average Bonchev–Trinajstić information content (AvgIpc) is 2.67. The predicted molar refractivity (Wildman–Crippen MR) is 96.6 cm³/mol. The number of carbonyl (C=O) groups is 2. The van der Waals surface area contributed by atoms with Crippen LogP contribution in [-0.2, 0) is 6.54 Å². The Morgan fingerprint density at radius 3 is 2.44 bits per heavy atom. The van der Waals surface area contributed by atoms with Crippen LogP contribution in [0, 0.1) is 0 Å². The van der Waals surface area contributed by atoms with Gasteiger partial charge in [-0.3, -0.25) is 14.6 Å². The first-order chi connectivity index (χ1) is 12.1. The first kappa shape index (κ1) is 17.4. The second-order valence-corrected chi connectivity index (χ2v) is 6.56. The third kappa shape index (κ3) is 4.57. The molecule has 0 saturated carbocycles. The molecule has 2 amide bonds. The normalized spacial score (nSPS) is 14.2. The molecule has 6 heteroatoms. The lowest BCUT2D eigenvalue weighted by atomic mass is 10.1. The van der Waals surface area contributed by atoms with E-state index >= 15 is 0 Å². The number of aromatic nitrogens is 1. The SMILES string of the molecule is O=C(NCc1ccc(Cl)cc1)c1cncc(C(=O)N2CCCCC2)c1. The second kappa shape index (κ2) is 8.12. The lowest BCUT2D eigenvalue weighted by molar-refractivity contribution is 0.0724. The molecule has 1 aliphatic rings. The summed E-state index contributed by atoms with van der Waals surface area (Å²) >= 11 is 5.85. The van der Waals surface area contributed by atoms with Gasteiger partial charge in [0.15, 0.2) is 0 Å². The first-order valence-corrected chi connectivity index (χ1v) is 8.78. The van der Waals surface area contributed by atoms with Gasteiger partial charge in [0.05, 0.1) is 11.1 Å². The maximum atomic E-state index is 12.5. The molecule has 3 rings (SSSR count). The van der Waals surface area contributed by atoms with Gasteiger partial charge in [-0.1, -0.05) is 23.7 Å². The summed E-state index contributed by atoms with van der Waals surface area (Å²) in [6.07, 6.45) is 6.22. The molecule has 0 spiro atoms. The van der Waals surface area contributed by atoms with Crippen LogP contribution < -0.4 is 5.32 Å². The fourth-order valence-corrected chi connectivity index (χ4v) is 2.97. The van der Waals surface area contributed by atoms with Crippen molar-refractivity contribution in [2.24, 2.45) is 0 Å². The molecule has 2 heterocycles. The van der Waals surface area contributed by atoms with Crippen molar-refractivity contribution < 1.29 is 9.59 Å². The van der Waals surface area contributed by atoms with Gasteiger partial charge >= 0.3 is 0 Å². The highest BCUT2D eigenvalue weighted by Crippen LogP contribution is 2.14. The minimum Gasteiger partial charge on any atom is -0.348 e. The van der Waals surface area contributed by atoms with Crippen LogP contribution in [-0.4, -0.2) is 34.8 Å². The molecule has 0 aliphatic carbocycles. The van der Waals surface area contributed by atoms with Gasteiger partial charge in [0.1, 0.15) is 0 Å². The van der Waals surface area contributed by atoms with E-state index in [1.165, 1.54) is 12.4 Å². The molecular weight excluding hydrogens is 338 g/mol. The number of nitrogens with one attached hydrogen (secondary N) is 1. The third-order valence-electron chi connectivity index (χ3n) is 4.26. The number of hydrogen-bond donors (Lipinski definition) is 1. The van der Waals surface area contributed by atoms with Crippen LogP contribution in [0.1, 0.15) is 45.5 Å². The number of rotatable bonds is 4. The zero-order valence-electron chi connectivity index (χ0n) is 13.9. The molecule has 1 aromatic heterocycles. The Kier molecular flexibility index (Phi) is 5.66.